The Morgan fingerprint density at radius 2 is 2.00 bits per heavy atom. The second-order valence-electron chi connectivity index (χ2n) is 4.63. The molecule has 102 valence electrons. The molecule has 4 nitrogen and oxygen atoms in total. The molecule has 3 aromatic rings. The molecular formula is C17H12N2O2. The fraction of sp³-hybridized carbons (Fsp3) is 0.0588. The van der Waals surface area contributed by atoms with Crippen LogP contribution in [0.25, 0.3) is 11.0 Å². The minimum absolute atomic E-state index is 0.229. The van der Waals surface area contributed by atoms with Crippen LogP contribution in [0, 0.1) is 11.3 Å². The van der Waals surface area contributed by atoms with Crippen LogP contribution >= 0.6 is 0 Å². The molecule has 1 heterocycles. The van der Waals surface area contributed by atoms with Gasteiger partial charge in [-0.1, -0.05) is 24.3 Å². The van der Waals surface area contributed by atoms with Crippen LogP contribution in [0.2, 0.25) is 0 Å². The summed E-state index contributed by atoms with van der Waals surface area (Å²) in [5.41, 5.74) is 1.73. The summed E-state index contributed by atoms with van der Waals surface area (Å²) in [6, 6.07) is 18.2. The molecule has 0 atom stereocenters. The third kappa shape index (κ3) is 2.77. The fourth-order valence-electron chi connectivity index (χ4n) is 2.12. The van der Waals surface area contributed by atoms with E-state index in [9.17, 15) is 4.79 Å². The van der Waals surface area contributed by atoms with Gasteiger partial charge in [-0.15, -0.1) is 0 Å². The first-order valence-corrected chi connectivity index (χ1v) is 6.52. The largest absolute Gasteiger partial charge is 0.459 e. The predicted molar refractivity (Wildman–Crippen MR) is 78.5 cm³/mol. The van der Waals surface area contributed by atoms with Gasteiger partial charge in [-0.2, -0.15) is 5.26 Å². The Morgan fingerprint density at radius 1 is 1.14 bits per heavy atom. The molecule has 1 amide bonds. The van der Waals surface area contributed by atoms with Gasteiger partial charge in [-0.25, -0.2) is 0 Å². The third-order valence-electron chi connectivity index (χ3n) is 3.15. The van der Waals surface area contributed by atoms with Crippen LogP contribution in [0.15, 0.2) is 59.0 Å². The van der Waals surface area contributed by atoms with E-state index in [1.807, 2.05) is 36.4 Å². The van der Waals surface area contributed by atoms with Crippen molar-refractivity contribution in [1.82, 2.24) is 5.32 Å². The molecule has 0 unspecified atom stereocenters. The highest BCUT2D eigenvalue weighted by Crippen LogP contribution is 2.18. The molecule has 0 saturated heterocycles. The maximum Gasteiger partial charge on any atom is 0.251 e. The molecule has 0 radical (unpaired) electrons. The second-order valence-corrected chi connectivity index (χ2v) is 4.63. The zero-order chi connectivity index (χ0) is 14.7. The number of para-hydroxylation sites is 1. The molecule has 0 bridgehead atoms. The molecule has 1 aromatic heterocycles. The van der Waals surface area contributed by atoms with E-state index in [2.05, 4.69) is 5.32 Å². The van der Waals surface area contributed by atoms with E-state index >= 15 is 0 Å². The van der Waals surface area contributed by atoms with Gasteiger partial charge < -0.3 is 9.73 Å². The number of benzene rings is 2. The second kappa shape index (κ2) is 5.51. The average molecular weight is 276 g/mol. The van der Waals surface area contributed by atoms with Gasteiger partial charge >= 0.3 is 0 Å². The van der Waals surface area contributed by atoms with Crippen LogP contribution < -0.4 is 5.32 Å². The van der Waals surface area contributed by atoms with Crippen molar-refractivity contribution in [3.63, 3.8) is 0 Å². The van der Waals surface area contributed by atoms with Gasteiger partial charge in [0.25, 0.3) is 5.91 Å². The van der Waals surface area contributed by atoms with E-state index in [4.69, 9.17) is 9.68 Å². The summed E-state index contributed by atoms with van der Waals surface area (Å²) >= 11 is 0. The quantitative estimate of drug-likeness (QED) is 0.798. The first-order chi connectivity index (χ1) is 10.3. The van der Waals surface area contributed by atoms with Crippen molar-refractivity contribution in [1.29, 1.82) is 5.26 Å². The number of nitrogens with one attached hydrogen (secondary N) is 1. The lowest BCUT2D eigenvalue weighted by molar-refractivity contribution is 0.0948. The highest BCUT2D eigenvalue weighted by atomic mass is 16.3. The number of nitrogens with zero attached hydrogens (tertiary/aromatic N) is 1. The van der Waals surface area contributed by atoms with Gasteiger partial charge in [0, 0.05) is 10.9 Å². The van der Waals surface area contributed by atoms with E-state index in [1.165, 1.54) is 0 Å². The number of furan rings is 1. The van der Waals surface area contributed by atoms with Gasteiger partial charge in [0.2, 0.25) is 0 Å². The Morgan fingerprint density at radius 3 is 2.81 bits per heavy atom. The summed E-state index contributed by atoms with van der Waals surface area (Å²) in [5.74, 6) is 0.466. The first kappa shape index (κ1) is 12.9. The number of carbonyl (C=O) groups is 1. The van der Waals surface area contributed by atoms with E-state index < -0.39 is 0 Å². The molecule has 3 rings (SSSR count). The third-order valence-corrected chi connectivity index (χ3v) is 3.15. The van der Waals surface area contributed by atoms with Crippen molar-refractivity contribution in [2.24, 2.45) is 0 Å². The van der Waals surface area contributed by atoms with E-state index in [0.717, 1.165) is 11.0 Å². The lowest BCUT2D eigenvalue weighted by Gasteiger charge is -2.03. The maximum atomic E-state index is 12.0. The SMILES string of the molecule is N#Cc1cccc(C(=O)NCc2cc3ccccc3o2)c1. The Balaban J connectivity index is 1.72. The number of fused-ring (bicyclic) bond motifs is 1. The predicted octanol–water partition coefficient (Wildman–Crippen LogP) is 3.23. The summed E-state index contributed by atoms with van der Waals surface area (Å²) in [5, 5.41) is 12.6. The molecule has 0 aliphatic rings. The van der Waals surface area contributed by atoms with E-state index in [-0.39, 0.29) is 5.91 Å². The van der Waals surface area contributed by atoms with Crippen LogP contribution in [-0.4, -0.2) is 5.91 Å². The maximum absolute atomic E-state index is 12.0. The molecule has 0 aliphatic heterocycles. The van der Waals surface area contributed by atoms with Gasteiger partial charge in [0.15, 0.2) is 0 Å². The number of rotatable bonds is 3. The lowest BCUT2D eigenvalue weighted by atomic mass is 10.1. The Kier molecular flexibility index (Phi) is 3.40. The van der Waals surface area contributed by atoms with Gasteiger partial charge in [-0.05, 0) is 30.3 Å². The normalized spacial score (nSPS) is 10.2. The van der Waals surface area contributed by atoms with Crippen molar-refractivity contribution in [3.05, 3.63) is 71.5 Å². The fourth-order valence-corrected chi connectivity index (χ4v) is 2.12. The van der Waals surface area contributed by atoms with Crippen LogP contribution in [0.5, 0.6) is 0 Å². The number of amides is 1. The van der Waals surface area contributed by atoms with E-state index in [0.29, 0.717) is 23.4 Å². The van der Waals surface area contributed by atoms with E-state index in [1.54, 1.807) is 24.3 Å². The first-order valence-electron chi connectivity index (χ1n) is 6.52. The molecule has 21 heavy (non-hydrogen) atoms. The Labute approximate surface area is 121 Å². The molecule has 0 fully saturated rings. The summed E-state index contributed by atoms with van der Waals surface area (Å²) in [4.78, 5) is 12.0. The average Bonchev–Trinajstić information content (AvgIpc) is 2.95. The molecule has 4 heteroatoms. The zero-order valence-corrected chi connectivity index (χ0v) is 11.2. The number of nitriles is 1. The molecular weight excluding hydrogens is 264 g/mol. The van der Waals surface area contributed by atoms with Crippen LogP contribution in [0.1, 0.15) is 21.7 Å². The zero-order valence-electron chi connectivity index (χ0n) is 11.2. The number of carbonyl (C=O) groups excluding carboxylic acids is 1. The minimum atomic E-state index is -0.229. The summed E-state index contributed by atoms with van der Waals surface area (Å²) in [6.45, 7) is 0.310. The number of hydrogen-bond donors (Lipinski definition) is 1. The molecule has 0 aliphatic carbocycles. The molecule has 0 saturated carbocycles. The van der Waals surface area contributed by atoms with Gasteiger partial charge in [0.05, 0.1) is 18.2 Å². The monoisotopic (exact) mass is 276 g/mol. The van der Waals surface area contributed by atoms with Crippen molar-refractivity contribution < 1.29 is 9.21 Å². The summed E-state index contributed by atoms with van der Waals surface area (Å²) in [7, 11) is 0. The highest BCUT2D eigenvalue weighted by molar-refractivity contribution is 5.94. The lowest BCUT2D eigenvalue weighted by Crippen LogP contribution is -2.22. The summed E-state index contributed by atoms with van der Waals surface area (Å²) < 4.78 is 5.63. The standard InChI is InChI=1S/C17H12N2O2/c18-10-12-4-3-6-14(8-12)17(20)19-11-15-9-13-5-1-2-7-16(13)21-15/h1-9H,11H2,(H,19,20). The van der Waals surface area contributed by atoms with Crippen LogP contribution in [0.4, 0.5) is 0 Å². The molecule has 2 aromatic carbocycles. The smallest absolute Gasteiger partial charge is 0.251 e. The van der Waals surface area contributed by atoms with Crippen molar-refractivity contribution in [2.45, 2.75) is 6.54 Å². The van der Waals surface area contributed by atoms with Crippen molar-refractivity contribution in [2.75, 3.05) is 0 Å². The Hall–Kier alpha value is -3.06. The number of hydrogen-bond acceptors (Lipinski definition) is 3. The highest BCUT2D eigenvalue weighted by Gasteiger charge is 2.08. The van der Waals surface area contributed by atoms with Crippen molar-refractivity contribution >= 4 is 16.9 Å². The van der Waals surface area contributed by atoms with Gasteiger partial charge in [0.1, 0.15) is 11.3 Å². The topological polar surface area (TPSA) is 66.0 Å². The van der Waals surface area contributed by atoms with Gasteiger partial charge in [-0.3, -0.25) is 4.79 Å². The van der Waals surface area contributed by atoms with Crippen LogP contribution in [-0.2, 0) is 6.54 Å². The molecule has 1 N–H and O–H groups in total. The summed E-state index contributed by atoms with van der Waals surface area (Å²) in [6.07, 6.45) is 0. The van der Waals surface area contributed by atoms with Crippen molar-refractivity contribution in [3.8, 4) is 6.07 Å². The Bertz CT molecular complexity index is 810. The van der Waals surface area contributed by atoms with Crippen LogP contribution in [0.3, 0.4) is 0 Å². The minimum Gasteiger partial charge on any atom is -0.459 e. The molecule has 0 spiro atoms.